The molecule has 110 valence electrons. The Morgan fingerprint density at radius 3 is 2.62 bits per heavy atom. The molecule has 0 saturated heterocycles. The number of benzene rings is 1. The molecule has 0 saturated carbocycles. The van der Waals surface area contributed by atoms with Crippen LogP contribution >= 0.6 is 10.7 Å². The molecule has 21 heavy (non-hydrogen) atoms. The fraction of sp³-hybridized carbons (Fsp3) is 0.0769. The van der Waals surface area contributed by atoms with Crippen molar-refractivity contribution >= 4 is 31.5 Å². The number of aromatic nitrogens is 1. The third kappa shape index (κ3) is 4.44. The van der Waals surface area contributed by atoms with Crippen LogP contribution in [0.3, 0.4) is 0 Å². The zero-order valence-corrected chi connectivity index (χ0v) is 12.3. The number of nitrogens with one attached hydrogen (secondary N) is 1. The van der Waals surface area contributed by atoms with Crippen LogP contribution in [0.25, 0.3) is 0 Å². The lowest BCUT2D eigenvalue weighted by Gasteiger charge is -2.09. The maximum atomic E-state index is 11.7. The van der Waals surface area contributed by atoms with Gasteiger partial charge in [0.2, 0.25) is 0 Å². The number of amides is 1. The van der Waals surface area contributed by atoms with Gasteiger partial charge in [-0.1, -0.05) is 30.3 Å². The Morgan fingerprint density at radius 2 is 1.95 bits per heavy atom. The van der Waals surface area contributed by atoms with E-state index in [2.05, 4.69) is 10.3 Å². The number of halogens is 1. The number of hydrogen-bond donors (Lipinski definition) is 1. The van der Waals surface area contributed by atoms with E-state index in [1.807, 2.05) is 18.2 Å². The summed E-state index contributed by atoms with van der Waals surface area (Å²) in [6.07, 6.45) is 1.60. The molecule has 0 aliphatic heterocycles. The molecule has 2 aromatic rings. The van der Waals surface area contributed by atoms with Crippen LogP contribution in [0.15, 0.2) is 53.7 Å². The van der Waals surface area contributed by atoms with Crippen molar-refractivity contribution in [3.63, 3.8) is 0 Å². The van der Waals surface area contributed by atoms with Gasteiger partial charge in [0.1, 0.15) is 11.5 Å². The third-order valence-corrected chi connectivity index (χ3v) is 3.85. The van der Waals surface area contributed by atoms with E-state index in [-0.39, 0.29) is 17.2 Å². The Hall–Kier alpha value is -2.12. The van der Waals surface area contributed by atoms with E-state index in [4.69, 9.17) is 15.4 Å². The van der Waals surface area contributed by atoms with Gasteiger partial charge in [0.25, 0.3) is 9.05 Å². The lowest BCUT2D eigenvalue weighted by Crippen LogP contribution is -2.15. The highest BCUT2D eigenvalue weighted by Gasteiger charge is 2.17. The number of ether oxygens (including phenoxy) is 1. The molecule has 0 unspecified atom stereocenters. The minimum Gasteiger partial charge on any atom is -0.444 e. The summed E-state index contributed by atoms with van der Waals surface area (Å²) in [6.45, 7) is 0.0702. The molecular weight excluding hydrogens is 316 g/mol. The van der Waals surface area contributed by atoms with Crippen molar-refractivity contribution in [1.29, 1.82) is 0 Å². The van der Waals surface area contributed by atoms with Crippen molar-refractivity contribution in [2.24, 2.45) is 0 Å². The molecule has 0 spiro atoms. The first kappa shape index (κ1) is 15.3. The number of anilines is 1. The lowest BCUT2D eigenvalue weighted by atomic mass is 10.2. The van der Waals surface area contributed by atoms with Gasteiger partial charge in [-0.05, 0) is 11.6 Å². The summed E-state index contributed by atoms with van der Waals surface area (Å²) in [6, 6.07) is 10.4. The minimum atomic E-state index is -4.01. The van der Waals surface area contributed by atoms with Crippen LogP contribution in [0.5, 0.6) is 0 Å². The van der Waals surface area contributed by atoms with Crippen LogP contribution in [0, 0.1) is 0 Å². The number of rotatable bonds is 4. The number of hydrogen-bond acceptors (Lipinski definition) is 5. The molecule has 0 aliphatic rings. The van der Waals surface area contributed by atoms with Gasteiger partial charge in [-0.15, -0.1) is 0 Å². The van der Waals surface area contributed by atoms with Gasteiger partial charge in [-0.2, -0.15) is 0 Å². The van der Waals surface area contributed by atoms with Gasteiger partial charge in [-0.25, -0.2) is 13.2 Å². The summed E-state index contributed by atoms with van der Waals surface area (Å²) in [5, 5.41) is 2.32. The molecule has 0 bridgehead atoms. The van der Waals surface area contributed by atoms with E-state index < -0.39 is 15.1 Å². The largest absolute Gasteiger partial charge is 0.444 e. The quantitative estimate of drug-likeness (QED) is 0.873. The van der Waals surface area contributed by atoms with Crippen LogP contribution in [0.4, 0.5) is 10.5 Å². The predicted molar refractivity (Wildman–Crippen MR) is 77.5 cm³/mol. The summed E-state index contributed by atoms with van der Waals surface area (Å²) >= 11 is 0. The van der Waals surface area contributed by atoms with E-state index in [0.29, 0.717) is 0 Å². The second-order valence-electron chi connectivity index (χ2n) is 4.00. The number of carbonyl (C=O) groups is 1. The first-order valence-corrected chi connectivity index (χ1v) is 8.14. The van der Waals surface area contributed by atoms with Gasteiger partial charge >= 0.3 is 6.09 Å². The monoisotopic (exact) mass is 326 g/mol. The third-order valence-electron chi connectivity index (χ3n) is 2.50. The molecule has 1 aromatic heterocycles. The smallest absolute Gasteiger partial charge is 0.411 e. The molecule has 8 heteroatoms. The van der Waals surface area contributed by atoms with Crippen molar-refractivity contribution in [3.8, 4) is 0 Å². The van der Waals surface area contributed by atoms with Crippen LogP contribution in [-0.4, -0.2) is 19.5 Å². The van der Waals surface area contributed by atoms with Crippen molar-refractivity contribution in [2.45, 2.75) is 11.5 Å². The fourth-order valence-electron chi connectivity index (χ4n) is 1.55. The summed E-state index contributed by atoms with van der Waals surface area (Å²) in [5.74, 6) is 0. The Labute approximate surface area is 126 Å². The average Bonchev–Trinajstić information content (AvgIpc) is 2.46. The van der Waals surface area contributed by atoms with E-state index in [1.54, 1.807) is 12.1 Å². The molecule has 0 radical (unpaired) electrons. The van der Waals surface area contributed by atoms with Gasteiger partial charge in [0.05, 0.1) is 5.69 Å². The van der Waals surface area contributed by atoms with Gasteiger partial charge < -0.3 is 4.74 Å². The van der Waals surface area contributed by atoms with Gasteiger partial charge in [0, 0.05) is 23.1 Å². The molecule has 6 nitrogen and oxygen atoms in total. The first-order chi connectivity index (χ1) is 9.97. The van der Waals surface area contributed by atoms with E-state index in [0.717, 1.165) is 11.8 Å². The van der Waals surface area contributed by atoms with E-state index in [1.165, 1.54) is 12.3 Å². The van der Waals surface area contributed by atoms with E-state index in [9.17, 15) is 13.2 Å². The second kappa shape index (κ2) is 6.55. The highest BCUT2D eigenvalue weighted by atomic mass is 35.7. The Kier molecular flexibility index (Phi) is 4.77. The summed E-state index contributed by atoms with van der Waals surface area (Å²) in [5.41, 5.74) is 0.825. The average molecular weight is 327 g/mol. The molecule has 1 N–H and O–H groups in total. The Bertz CT molecular complexity index is 735. The van der Waals surface area contributed by atoms with Crippen molar-refractivity contribution in [3.05, 3.63) is 54.4 Å². The number of nitrogens with zero attached hydrogens (tertiary/aromatic N) is 1. The SMILES string of the molecule is O=C(Nc1ccncc1S(=O)(=O)Cl)OCc1ccccc1. The lowest BCUT2D eigenvalue weighted by molar-refractivity contribution is 0.155. The molecule has 0 aliphatic carbocycles. The summed E-state index contributed by atoms with van der Waals surface area (Å²) < 4.78 is 27.7. The molecule has 1 aromatic carbocycles. The van der Waals surface area contributed by atoms with Crippen molar-refractivity contribution < 1.29 is 17.9 Å². The predicted octanol–water partition coefficient (Wildman–Crippen LogP) is 2.76. The van der Waals surface area contributed by atoms with Gasteiger partial charge in [0.15, 0.2) is 0 Å². The van der Waals surface area contributed by atoms with Gasteiger partial charge in [-0.3, -0.25) is 10.3 Å². The normalized spacial score (nSPS) is 10.9. The first-order valence-electron chi connectivity index (χ1n) is 5.83. The zero-order valence-electron chi connectivity index (χ0n) is 10.7. The van der Waals surface area contributed by atoms with Crippen LogP contribution in [0.1, 0.15) is 5.56 Å². The van der Waals surface area contributed by atoms with Crippen LogP contribution in [0.2, 0.25) is 0 Å². The standard InChI is InChI=1S/C13H11ClN2O4S/c14-21(18,19)12-8-15-7-6-11(12)16-13(17)20-9-10-4-2-1-3-5-10/h1-8H,9H2,(H,15,16,17). The molecule has 0 atom stereocenters. The van der Waals surface area contributed by atoms with Crippen molar-refractivity contribution in [1.82, 2.24) is 4.98 Å². The van der Waals surface area contributed by atoms with Crippen LogP contribution in [-0.2, 0) is 20.4 Å². The Morgan fingerprint density at radius 1 is 1.24 bits per heavy atom. The van der Waals surface area contributed by atoms with E-state index >= 15 is 0 Å². The minimum absolute atomic E-state index is 0.0121. The highest BCUT2D eigenvalue weighted by Crippen LogP contribution is 2.23. The van der Waals surface area contributed by atoms with Crippen LogP contribution < -0.4 is 5.32 Å². The Balaban J connectivity index is 2.04. The molecule has 2 rings (SSSR count). The molecule has 1 heterocycles. The second-order valence-corrected chi connectivity index (χ2v) is 6.53. The topological polar surface area (TPSA) is 85.4 Å². The highest BCUT2D eigenvalue weighted by molar-refractivity contribution is 8.13. The molecule has 0 fully saturated rings. The maximum Gasteiger partial charge on any atom is 0.411 e. The fourth-order valence-corrected chi connectivity index (χ4v) is 2.48. The summed E-state index contributed by atoms with van der Waals surface area (Å²) in [4.78, 5) is 15.0. The number of pyridine rings is 1. The molecular formula is C13H11ClN2O4S. The molecule has 1 amide bonds. The maximum absolute atomic E-state index is 11.7. The number of carbonyl (C=O) groups excluding carboxylic acids is 1. The summed E-state index contributed by atoms with van der Waals surface area (Å²) in [7, 11) is 1.25. The zero-order chi connectivity index (χ0) is 15.3. The van der Waals surface area contributed by atoms with Crippen molar-refractivity contribution in [2.75, 3.05) is 5.32 Å².